The van der Waals surface area contributed by atoms with E-state index in [0.29, 0.717) is 5.69 Å². The number of benzene rings is 2. The zero-order valence-corrected chi connectivity index (χ0v) is 18.0. The molecular weight excluding hydrogens is 411 g/mol. The Balaban J connectivity index is 1.45. The van der Waals surface area contributed by atoms with E-state index in [1.807, 2.05) is 24.3 Å². The van der Waals surface area contributed by atoms with E-state index in [1.165, 1.54) is 16.8 Å². The highest BCUT2D eigenvalue weighted by molar-refractivity contribution is 5.92. The monoisotopic (exact) mass is 436 g/mol. The molecule has 0 bridgehead atoms. The molecule has 0 radical (unpaired) electrons. The van der Waals surface area contributed by atoms with Gasteiger partial charge in [-0.3, -0.25) is 9.59 Å². The third kappa shape index (κ3) is 4.49. The molecule has 2 aromatic carbocycles. The highest BCUT2D eigenvalue weighted by Crippen LogP contribution is 2.23. The topological polar surface area (TPSA) is 76.5 Å². The Bertz CT molecular complexity index is 1170. The van der Waals surface area contributed by atoms with Gasteiger partial charge in [-0.2, -0.15) is 5.10 Å². The van der Waals surface area contributed by atoms with Crippen molar-refractivity contribution in [3.8, 4) is 11.4 Å². The summed E-state index contributed by atoms with van der Waals surface area (Å²) in [7, 11) is 1.64. The number of methoxy groups -OCH3 is 1. The smallest absolute Gasteiger partial charge is 0.276 e. The molecule has 166 valence electrons. The number of halogens is 1. The molecule has 1 amide bonds. The van der Waals surface area contributed by atoms with E-state index in [1.54, 1.807) is 32.2 Å². The summed E-state index contributed by atoms with van der Waals surface area (Å²) in [6, 6.07) is 15.2. The molecule has 0 unspecified atom stereocenters. The first-order valence-electron chi connectivity index (χ1n) is 10.5. The van der Waals surface area contributed by atoms with Crippen LogP contribution in [0.2, 0.25) is 0 Å². The Morgan fingerprint density at radius 2 is 1.81 bits per heavy atom. The lowest BCUT2D eigenvalue weighted by Gasteiger charge is -2.34. The van der Waals surface area contributed by atoms with E-state index in [0.717, 1.165) is 37.4 Å². The maximum absolute atomic E-state index is 14.2. The number of carbonyl (C=O) groups excluding carboxylic acids is 1. The molecule has 4 rings (SSSR count). The minimum atomic E-state index is -0.539. The molecule has 3 aromatic rings. The van der Waals surface area contributed by atoms with Crippen molar-refractivity contribution in [2.24, 2.45) is 0 Å². The van der Waals surface area contributed by atoms with Gasteiger partial charge in [0, 0.05) is 36.6 Å². The molecule has 0 atom stereocenters. The number of amides is 1. The van der Waals surface area contributed by atoms with Gasteiger partial charge in [0.15, 0.2) is 5.69 Å². The summed E-state index contributed by atoms with van der Waals surface area (Å²) in [6.45, 7) is 3.20. The van der Waals surface area contributed by atoms with Crippen molar-refractivity contribution >= 4 is 11.6 Å². The summed E-state index contributed by atoms with van der Waals surface area (Å²) in [5.74, 6) is -0.213. The van der Waals surface area contributed by atoms with Crippen molar-refractivity contribution in [1.29, 1.82) is 0 Å². The minimum Gasteiger partial charge on any atom is -0.497 e. The Morgan fingerprint density at radius 1 is 1.12 bits per heavy atom. The third-order valence-electron chi connectivity index (χ3n) is 5.67. The van der Waals surface area contributed by atoms with Crippen molar-refractivity contribution in [3.63, 3.8) is 0 Å². The number of aryl methyl sites for hydroxylation is 1. The first kappa shape index (κ1) is 21.5. The van der Waals surface area contributed by atoms with E-state index >= 15 is 0 Å². The number of carbonyl (C=O) groups is 1. The number of ether oxygens (including phenoxy) is 1. The molecule has 0 saturated carbocycles. The zero-order valence-electron chi connectivity index (χ0n) is 18.0. The fourth-order valence-corrected chi connectivity index (χ4v) is 3.90. The number of hydrogen-bond acceptors (Lipinski definition) is 5. The molecule has 1 aliphatic heterocycles. The summed E-state index contributed by atoms with van der Waals surface area (Å²) in [4.78, 5) is 27.5. The highest BCUT2D eigenvalue weighted by Gasteiger charge is 2.24. The van der Waals surface area contributed by atoms with Crippen molar-refractivity contribution in [2.45, 2.75) is 25.8 Å². The van der Waals surface area contributed by atoms with Gasteiger partial charge in [-0.15, -0.1) is 0 Å². The molecule has 0 aliphatic carbocycles. The summed E-state index contributed by atoms with van der Waals surface area (Å²) in [6.07, 6.45) is 1.48. The average Bonchev–Trinajstić information content (AvgIpc) is 2.80. The molecule has 7 nitrogen and oxygen atoms in total. The number of para-hydroxylation sites is 1. The number of rotatable bonds is 5. The summed E-state index contributed by atoms with van der Waals surface area (Å²) in [5.41, 5.74) is 1.01. The molecule has 2 heterocycles. The number of anilines is 1. The van der Waals surface area contributed by atoms with E-state index in [4.69, 9.17) is 4.74 Å². The standard InChI is InChI=1S/C24H25FN4O3/c1-16-15-22(30)23(27-29(16)21-6-4-3-5-20(21)25)24(31)26-17-11-13-28(14-12-17)18-7-9-19(32-2)10-8-18/h3-10,15,17H,11-14H2,1-2H3,(H,26,31). The molecule has 1 aliphatic rings. The number of piperidine rings is 1. The number of hydrogen-bond donors (Lipinski definition) is 1. The second-order valence-electron chi connectivity index (χ2n) is 7.79. The van der Waals surface area contributed by atoms with E-state index < -0.39 is 17.2 Å². The maximum atomic E-state index is 14.2. The van der Waals surface area contributed by atoms with Crippen LogP contribution in [0.3, 0.4) is 0 Å². The van der Waals surface area contributed by atoms with Crippen LogP contribution in [0.25, 0.3) is 5.69 Å². The molecule has 1 N–H and O–H groups in total. The van der Waals surface area contributed by atoms with Crippen molar-refractivity contribution in [1.82, 2.24) is 15.1 Å². The first-order chi connectivity index (χ1) is 15.5. The Labute approximate surface area is 185 Å². The van der Waals surface area contributed by atoms with Crippen LogP contribution < -0.4 is 20.4 Å². The van der Waals surface area contributed by atoms with Gasteiger partial charge in [0.25, 0.3) is 5.91 Å². The quantitative estimate of drug-likeness (QED) is 0.665. The Morgan fingerprint density at radius 3 is 2.47 bits per heavy atom. The maximum Gasteiger partial charge on any atom is 0.276 e. The minimum absolute atomic E-state index is 0.0681. The van der Waals surface area contributed by atoms with Gasteiger partial charge in [-0.25, -0.2) is 9.07 Å². The van der Waals surface area contributed by atoms with Gasteiger partial charge in [0.05, 0.1) is 7.11 Å². The largest absolute Gasteiger partial charge is 0.497 e. The second kappa shape index (κ2) is 9.21. The fraction of sp³-hybridized carbons (Fsp3) is 0.292. The van der Waals surface area contributed by atoms with E-state index in [2.05, 4.69) is 15.3 Å². The van der Waals surface area contributed by atoms with Gasteiger partial charge >= 0.3 is 0 Å². The molecule has 0 spiro atoms. The molecule has 1 aromatic heterocycles. The van der Waals surface area contributed by atoms with Crippen LogP contribution in [0.1, 0.15) is 29.0 Å². The summed E-state index contributed by atoms with van der Waals surface area (Å²) in [5, 5.41) is 7.10. The zero-order chi connectivity index (χ0) is 22.7. The SMILES string of the molecule is COc1ccc(N2CCC(NC(=O)c3nn(-c4ccccc4F)c(C)cc3=O)CC2)cc1. The van der Waals surface area contributed by atoms with Crippen molar-refractivity contribution in [3.05, 3.63) is 82.0 Å². The van der Waals surface area contributed by atoms with Crippen LogP contribution in [-0.4, -0.2) is 41.9 Å². The van der Waals surface area contributed by atoms with Crippen LogP contribution in [0, 0.1) is 12.7 Å². The first-order valence-corrected chi connectivity index (χ1v) is 10.5. The Hall–Kier alpha value is -3.68. The van der Waals surface area contributed by atoms with Gasteiger partial charge in [-0.1, -0.05) is 12.1 Å². The number of nitrogens with one attached hydrogen (secondary N) is 1. The summed E-state index contributed by atoms with van der Waals surface area (Å²) < 4.78 is 20.7. The highest BCUT2D eigenvalue weighted by atomic mass is 19.1. The van der Waals surface area contributed by atoms with Gasteiger partial charge in [0.1, 0.15) is 17.3 Å². The predicted octanol–water partition coefficient (Wildman–Crippen LogP) is 3.09. The normalized spacial score (nSPS) is 14.3. The van der Waals surface area contributed by atoms with Gasteiger partial charge < -0.3 is 15.0 Å². The van der Waals surface area contributed by atoms with Gasteiger partial charge in [0.2, 0.25) is 5.43 Å². The molecular formula is C24H25FN4O3. The lowest BCUT2D eigenvalue weighted by atomic mass is 10.0. The molecule has 1 saturated heterocycles. The lowest BCUT2D eigenvalue weighted by molar-refractivity contribution is 0.0923. The summed E-state index contributed by atoms with van der Waals surface area (Å²) >= 11 is 0. The third-order valence-corrected chi connectivity index (χ3v) is 5.67. The Kier molecular flexibility index (Phi) is 6.20. The van der Waals surface area contributed by atoms with Gasteiger partial charge in [-0.05, 0) is 56.2 Å². The molecule has 32 heavy (non-hydrogen) atoms. The number of nitrogens with zero attached hydrogens (tertiary/aromatic N) is 3. The van der Waals surface area contributed by atoms with Crippen LogP contribution in [0.15, 0.2) is 59.4 Å². The van der Waals surface area contributed by atoms with Crippen LogP contribution in [0.5, 0.6) is 5.75 Å². The van der Waals surface area contributed by atoms with Crippen molar-refractivity contribution < 1.29 is 13.9 Å². The van der Waals surface area contributed by atoms with Crippen molar-refractivity contribution in [2.75, 3.05) is 25.1 Å². The average molecular weight is 436 g/mol. The molecule has 1 fully saturated rings. The second-order valence-corrected chi connectivity index (χ2v) is 7.79. The molecule has 8 heteroatoms. The number of aromatic nitrogens is 2. The fourth-order valence-electron chi connectivity index (χ4n) is 3.90. The predicted molar refractivity (Wildman–Crippen MR) is 120 cm³/mol. The van der Waals surface area contributed by atoms with Crippen LogP contribution in [-0.2, 0) is 0 Å². The lowest BCUT2D eigenvalue weighted by Crippen LogP contribution is -2.46. The van der Waals surface area contributed by atoms with Crippen LogP contribution >= 0.6 is 0 Å². The van der Waals surface area contributed by atoms with E-state index in [9.17, 15) is 14.0 Å². The van der Waals surface area contributed by atoms with E-state index in [-0.39, 0.29) is 17.4 Å². The van der Waals surface area contributed by atoms with Crippen LogP contribution in [0.4, 0.5) is 10.1 Å².